The number of aromatic nitrogens is 2. The normalized spacial score (nSPS) is 18.8. The lowest BCUT2D eigenvalue weighted by Crippen LogP contribution is -2.24. The van der Waals surface area contributed by atoms with Gasteiger partial charge in [-0.2, -0.15) is 0 Å². The second kappa shape index (κ2) is 9.65. The number of oxazole rings is 1. The van der Waals surface area contributed by atoms with E-state index in [1.54, 1.807) is 0 Å². The van der Waals surface area contributed by atoms with Crippen LogP contribution in [0.4, 0.5) is 5.69 Å². The zero-order valence-electron chi connectivity index (χ0n) is 18.9. The number of anilines is 1. The molecule has 33 heavy (non-hydrogen) atoms. The summed E-state index contributed by atoms with van der Waals surface area (Å²) in [5.74, 6) is 2.62. The van der Waals surface area contributed by atoms with Gasteiger partial charge in [0.15, 0.2) is 17.9 Å². The average molecular weight is 448 g/mol. The third-order valence-electron chi connectivity index (χ3n) is 6.34. The maximum Gasteiger partial charge on any atom is 0.215 e. The highest BCUT2D eigenvalue weighted by molar-refractivity contribution is 5.93. The van der Waals surface area contributed by atoms with E-state index < -0.39 is 0 Å². The number of hydrogen-bond acceptors (Lipinski definition) is 7. The highest BCUT2D eigenvalue weighted by Gasteiger charge is 2.26. The summed E-state index contributed by atoms with van der Waals surface area (Å²) < 4.78 is 17.2. The molecule has 2 aromatic heterocycles. The Morgan fingerprint density at radius 3 is 2.82 bits per heavy atom. The molecule has 1 saturated heterocycles. The van der Waals surface area contributed by atoms with Crippen LogP contribution in [0, 0.1) is 5.92 Å². The first-order valence-corrected chi connectivity index (χ1v) is 11.7. The Bertz CT molecular complexity index is 1060. The van der Waals surface area contributed by atoms with E-state index in [-0.39, 0.29) is 17.8 Å². The maximum atomic E-state index is 12.2. The van der Waals surface area contributed by atoms with Crippen molar-refractivity contribution in [2.45, 2.75) is 44.6 Å². The van der Waals surface area contributed by atoms with Crippen LogP contribution in [0.2, 0.25) is 0 Å². The molecule has 1 aliphatic heterocycles. The second-order valence-electron chi connectivity index (χ2n) is 9.04. The molecule has 7 nitrogen and oxygen atoms in total. The summed E-state index contributed by atoms with van der Waals surface area (Å²) in [6.07, 6.45) is 8.58. The van der Waals surface area contributed by atoms with Crippen molar-refractivity contribution in [3.05, 3.63) is 66.5 Å². The second-order valence-corrected chi connectivity index (χ2v) is 9.04. The molecular formula is C26H29N3O4. The van der Waals surface area contributed by atoms with Gasteiger partial charge < -0.3 is 18.8 Å². The van der Waals surface area contributed by atoms with E-state index in [2.05, 4.69) is 14.9 Å². The van der Waals surface area contributed by atoms with Crippen LogP contribution in [0.15, 0.2) is 59.6 Å². The zero-order chi connectivity index (χ0) is 22.6. The van der Waals surface area contributed by atoms with E-state index in [1.807, 2.05) is 49.5 Å². The van der Waals surface area contributed by atoms with E-state index in [0.29, 0.717) is 24.0 Å². The van der Waals surface area contributed by atoms with Gasteiger partial charge in [-0.25, -0.2) is 9.97 Å². The Labute approximate surface area is 193 Å². The summed E-state index contributed by atoms with van der Waals surface area (Å²) in [6.45, 7) is 4.58. The van der Waals surface area contributed by atoms with E-state index in [1.165, 1.54) is 25.4 Å². The first-order valence-electron chi connectivity index (χ1n) is 11.7. The summed E-state index contributed by atoms with van der Waals surface area (Å²) in [5.41, 5.74) is 2.22. The van der Waals surface area contributed by atoms with Crippen molar-refractivity contribution in [2.75, 3.05) is 24.6 Å². The van der Waals surface area contributed by atoms with E-state index in [4.69, 9.17) is 13.9 Å². The van der Waals surface area contributed by atoms with Gasteiger partial charge in [-0.15, -0.1) is 0 Å². The summed E-state index contributed by atoms with van der Waals surface area (Å²) in [5, 5.41) is 0. The van der Waals surface area contributed by atoms with Gasteiger partial charge in [0.25, 0.3) is 0 Å². The van der Waals surface area contributed by atoms with Gasteiger partial charge in [0.1, 0.15) is 11.9 Å². The smallest absolute Gasteiger partial charge is 0.215 e. The maximum absolute atomic E-state index is 12.2. The van der Waals surface area contributed by atoms with Crippen LogP contribution in [-0.4, -0.2) is 41.6 Å². The van der Waals surface area contributed by atoms with E-state index in [9.17, 15) is 4.79 Å². The predicted octanol–water partition coefficient (Wildman–Crippen LogP) is 4.89. The molecule has 1 aliphatic carbocycles. The van der Waals surface area contributed by atoms with Gasteiger partial charge in [0.2, 0.25) is 5.88 Å². The molecular weight excluding hydrogens is 418 g/mol. The topological polar surface area (TPSA) is 77.7 Å². The molecule has 2 atom stereocenters. The molecule has 1 aromatic carbocycles. The van der Waals surface area contributed by atoms with Gasteiger partial charge in [0.05, 0.1) is 19.3 Å². The van der Waals surface area contributed by atoms with Crippen molar-refractivity contribution in [1.82, 2.24) is 9.97 Å². The minimum atomic E-state index is -0.0383. The van der Waals surface area contributed by atoms with Crippen molar-refractivity contribution >= 4 is 11.5 Å². The molecule has 3 heterocycles. The van der Waals surface area contributed by atoms with Crippen molar-refractivity contribution in [2.24, 2.45) is 5.92 Å². The lowest BCUT2D eigenvalue weighted by molar-refractivity contribution is 0.0948. The van der Waals surface area contributed by atoms with Crippen LogP contribution >= 0.6 is 0 Å². The van der Waals surface area contributed by atoms with Crippen molar-refractivity contribution in [3.8, 4) is 11.6 Å². The molecule has 0 spiro atoms. The first kappa shape index (κ1) is 21.5. The van der Waals surface area contributed by atoms with Crippen LogP contribution in [0.25, 0.3) is 0 Å². The number of nitrogens with zero attached hydrogens (tertiary/aromatic N) is 3. The lowest BCUT2D eigenvalue weighted by Gasteiger charge is -2.20. The summed E-state index contributed by atoms with van der Waals surface area (Å²) in [7, 11) is 0. The Kier molecular flexibility index (Phi) is 6.28. The number of hydrogen-bond donors (Lipinski definition) is 0. The number of ketones is 1. The predicted molar refractivity (Wildman–Crippen MR) is 124 cm³/mol. The van der Waals surface area contributed by atoms with Gasteiger partial charge in [0, 0.05) is 37.3 Å². The molecule has 5 rings (SSSR count). The third kappa shape index (κ3) is 5.53. The molecule has 7 heteroatoms. The Morgan fingerprint density at radius 1 is 1.21 bits per heavy atom. The molecule has 0 N–H and O–H groups in total. The zero-order valence-corrected chi connectivity index (χ0v) is 18.9. The largest absolute Gasteiger partial charge is 0.489 e. The molecule has 0 radical (unpaired) electrons. The summed E-state index contributed by atoms with van der Waals surface area (Å²) in [6, 6.07) is 12.1. The van der Waals surface area contributed by atoms with Crippen LogP contribution in [0.5, 0.6) is 11.6 Å². The quantitative estimate of drug-likeness (QED) is 0.409. The monoisotopic (exact) mass is 447 g/mol. The number of carbonyl (C=O) groups excluding carboxylic acids is 1. The van der Waals surface area contributed by atoms with Gasteiger partial charge in [-0.1, -0.05) is 19.1 Å². The number of pyridine rings is 1. The number of benzene rings is 1. The number of Topliss-reactive ketones (excluding diaryl/α,β-unsaturated/α-hetero) is 1. The molecule has 0 bridgehead atoms. The molecule has 1 saturated carbocycles. The van der Waals surface area contributed by atoms with Gasteiger partial charge >= 0.3 is 0 Å². The first-order chi connectivity index (χ1) is 16.1. The average Bonchev–Trinajstić information content (AvgIpc) is 3.29. The van der Waals surface area contributed by atoms with Crippen LogP contribution in [-0.2, 0) is 0 Å². The Hall–Kier alpha value is -3.35. The summed E-state index contributed by atoms with van der Waals surface area (Å²) in [4.78, 5) is 22.7. The van der Waals surface area contributed by atoms with Crippen molar-refractivity contribution in [3.63, 3.8) is 0 Å². The molecule has 2 fully saturated rings. The number of ether oxygens (including phenoxy) is 2. The third-order valence-corrected chi connectivity index (χ3v) is 6.34. The SMILES string of the molecule is C[C@H](CC(=O)c1cnco1)c1ccc(OC2CCN(c3ccnc(OCC4CC4)c3)C2)cc1. The Balaban J connectivity index is 1.13. The number of rotatable bonds is 10. The van der Waals surface area contributed by atoms with Gasteiger partial charge in [-0.3, -0.25) is 4.79 Å². The van der Waals surface area contributed by atoms with Crippen LogP contribution in [0.3, 0.4) is 0 Å². The van der Waals surface area contributed by atoms with E-state index in [0.717, 1.165) is 43.1 Å². The van der Waals surface area contributed by atoms with Gasteiger partial charge in [-0.05, 0) is 48.4 Å². The molecule has 0 amide bonds. The molecule has 2 aliphatic rings. The van der Waals surface area contributed by atoms with E-state index >= 15 is 0 Å². The molecule has 172 valence electrons. The molecule has 3 aromatic rings. The minimum Gasteiger partial charge on any atom is -0.489 e. The number of carbonyl (C=O) groups is 1. The highest BCUT2D eigenvalue weighted by atomic mass is 16.5. The summed E-state index contributed by atoms with van der Waals surface area (Å²) >= 11 is 0. The minimum absolute atomic E-state index is 0.0383. The Morgan fingerprint density at radius 2 is 2.06 bits per heavy atom. The highest BCUT2D eigenvalue weighted by Crippen LogP contribution is 2.31. The standard InChI is InChI=1S/C26H29N3O4/c1-18(12-24(30)25-14-27-17-32-25)20-4-6-22(7-5-20)33-23-9-11-29(15-23)21-8-10-28-26(13-21)31-16-19-2-3-19/h4-8,10,13-14,17-19,23H,2-3,9,11-12,15-16H2,1H3/t18-,23?/m1/s1. The van der Waals surface area contributed by atoms with Crippen LogP contribution in [0.1, 0.15) is 54.6 Å². The fraction of sp³-hybridized carbons (Fsp3) is 0.423. The van der Waals surface area contributed by atoms with Crippen LogP contribution < -0.4 is 14.4 Å². The fourth-order valence-electron chi connectivity index (χ4n) is 4.14. The fourth-order valence-corrected chi connectivity index (χ4v) is 4.14. The van der Waals surface area contributed by atoms with Crippen molar-refractivity contribution < 1.29 is 18.7 Å². The lowest BCUT2D eigenvalue weighted by atomic mass is 9.95. The van der Waals surface area contributed by atoms with Crippen molar-refractivity contribution in [1.29, 1.82) is 0 Å². The molecule has 1 unspecified atom stereocenters.